The van der Waals surface area contributed by atoms with Crippen LogP contribution in [0.1, 0.15) is 17.3 Å². The van der Waals surface area contributed by atoms with Gasteiger partial charge in [0.1, 0.15) is 11.3 Å². The molecule has 1 aromatic rings. The van der Waals surface area contributed by atoms with Crippen molar-refractivity contribution >= 4 is 11.6 Å². The fourth-order valence-corrected chi connectivity index (χ4v) is 1.65. The van der Waals surface area contributed by atoms with Gasteiger partial charge in [0.25, 0.3) is 11.6 Å². The second-order valence-corrected chi connectivity index (χ2v) is 3.77. The number of nitrogens with zero attached hydrogens (tertiary/aromatic N) is 2. The summed E-state index contributed by atoms with van der Waals surface area (Å²) in [5.41, 5.74) is -0.207. The minimum absolute atomic E-state index is 0.0213. The molecule has 1 rings (SSSR count). The van der Waals surface area contributed by atoms with E-state index in [1.807, 2.05) is 0 Å². The highest BCUT2D eigenvalue weighted by molar-refractivity contribution is 5.98. The number of nitro benzene ring substituents is 1. The summed E-state index contributed by atoms with van der Waals surface area (Å²) < 4.78 is 5.00. The van der Waals surface area contributed by atoms with Gasteiger partial charge in [0.2, 0.25) is 0 Å². The van der Waals surface area contributed by atoms with Crippen molar-refractivity contribution < 1.29 is 14.5 Å². The molecule has 6 heteroatoms. The number of benzene rings is 1. The lowest BCUT2D eigenvalue weighted by Gasteiger charge is -2.19. The van der Waals surface area contributed by atoms with Gasteiger partial charge in [-0.3, -0.25) is 14.9 Å². The lowest BCUT2D eigenvalue weighted by atomic mass is 10.1. The second kappa shape index (κ2) is 6.53. The van der Waals surface area contributed by atoms with Crippen LogP contribution in [-0.2, 0) is 0 Å². The number of rotatable bonds is 6. The number of nitro groups is 1. The number of amides is 1. The first kappa shape index (κ1) is 14.7. The van der Waals surface area contributed by atoms with Gasteiger partial charge in [-0.05, 0) is 19.1 Å². The van der Waals surface area contributed by atoms with E-state index < -0.39 is 10.8 Å². The van der Waals surface area contributed by atoms with Crippen LogP contribution in [0, 0.1) is 10.1 Å². The molecule has 6 nitrogen and oxygen atoms in total. The molecule has 0 heterocycles. The van der Waals surface area contributed by atoms with E-state index in [1.54, 1.807) is 13.0 Å². The van der Waals surface area contributed by atoms with Gasteiger partial charge in [0.05, 0.1) is 12.0 Å². The normalized spacial score (nSPS) is 9.79. The highest BCUT2D eigenvalue weighted by Gasteiger charge is 2.24. The molecule has 1 amide bonds. The average molecular weight is 264 g/mol. The van der Waals surface area contributed by atoms with E-state index in [9.17, 15) is 14.9 Å². The highest BCUT2D eigenvalue weighted by Crippen LogP contribution is 2.25. The Balaban J connectivity index is 3.25. The van der Waals surface area contributed by atoms with Crippen molar-refractivity contribution in [3.63, 3.8) is 0 Å². The summed E-state index contributed by atoms with van der Waals surface area (Å²) in [6.07, 6.45) is 1.58. The van der Waals surface area contributed by atoms with E-state index >= 15 is 0 Å². The third kappa shape index (κ3) is 3.31. The molecule has 0 saturated heterocycles. The maximum Gasteiger partial charge on any atom is 0.282 e. The molecule has 0 aliphatic rings. The largest absolute Gasteiger partial charge is 0.497 e. The van der Waals surface area contributed by atoms with E-state index in [0.717, 1.165) is 0 Å². The number of methoxy groups -OCH3 is 1. The predicted molar refractivity (Wildman–Crippen MR) is 71.4 cm³/mol. The number of ether oxygens (including phenoxy) is 1. The fourth-order valence-electron chi connectivity index (χ4n) is 1.65. The van der Waals surface area contributed by atoms with E-state index in [0.29, 0.717) is 18.8 Å². The van der Waals surface area contributed by atoms with E-state index in [4.69, 9.17) is 4.74 Å². The van der Waals surface area contributed by atoms with E-state index in [1.165, 1.54) is 30.2 Å². The van der Waals surface area contributed by atoms with Crippen LogP contribution in [0.2, 0.25) is 0 Å². The van der Waals surface area contributed by atoms with Crippen LogP contribution in [0.25, 0.3) is 0 Å². The van der Waals surface area contributed by atoms with Crippen LogP contribution in [-0.4, -0.2) is 35.9 Å². The molecule has 0 bridgehead atoms. The summed E-state index contributed by atoms with van der Waals surface area (Å²) >= 11 is 0. The van der Waals surface area contributed by atoms with Gasteiger partial charge in [0.15, 0.2) is 0 Å². The van der Waals surface area contributed by atoms with Crippen molar-refractivity contribution in [2.24, 2.45) is 0 Å². The zero-order valence-corrected chi connectivity index (χ0v) is 11.0. The Morgan fingerprint density at radius 1 is 1.58 bits per heavy atom. The molecule has 0 aromatic heterocycles. The molecule has 0 unspecified atom stereocenters. The number of hydrogen-bond donors (Lipinski definition) is 0. The molecule has 0 radical (unpaired) electrons. The van der Waals surface area contributed by atoms with Crippen LogP contribution < -0.4 is 4.74 Å². The van der Waals surface area contributed by atoms with Crippen LogP contribution in [0.3, 0.4) is 0 Å². The zero-order valence-electron chi connectivity index (χ0n) is 11.0. The standard InChI is InChI=1S/C13H16N2O4/c1-4-8-14(5-2)13(16)11-9-10(19-3)6-7-12(11)15(17)18/h4,6-7,9H,1,5,8H2,2-3H3. The Hall–Kier alpha value is -2.37. The number of carbonyl (C=O) groups is 1. The third-order valence-corrected chi connectivity index (χ3v) is 2.65. The van der Waals surface area contributed by atoms with Crippen molar-refractivity contribution in [3.05, 3.63) is 46.5 Å². The fraction of sp³-hybridized carbons (Fsp3) is 0.308. The van der Waals surface area contributed by atoms with Crippen molar-refractivity contribution in [3.8, 4) is 5.75 Å². The number of carbonyl (C=O) groups excluding carboxylic acids is 1. The number of likely N-dealkylation sites (N-methyl/N-ethyl adjacent to an activating group) is 1. The molecular formula is C13H16N2O4. The Bertz CT molecular complexity index is 499. The van der Waals surface area contributed by atoms with Crippen molar-refractivity contribution in [1.82, 2.24) is 4.90 Å². The third-order valence-electron chi connectivity index (χ3n) is 2.65. The average Bonchev–Trinajstić information content (AvgIpc) is 2.43. The first-order valence-electron chi connectivity index (χ1n) is 5.77. The summed E-state index contributed by atoms with van der Waals surface area (Å²) in [7, 11) is 1.44. The summed E-state index contributed by atoms with van der Waals surface area (Å²) in [5.74, 6) is -0.00314. The van der Waals surface area contributed by atoms with E-state index in [-0.39, 0.29) is 11.3 Å². The highest BCUT2D eigenvalue weighted by atomic mass is 16.6. The van der Waals surface area contributed by atoms with Gasteiger partial charge in [0, 0.05) is 19.2 Å². The minimum atomic E-state index is -0.575. The van der Waals surface area contributed by atoms with Crippen molar-refractivity contribution in [2.45, 2.75) is 6.92 Å². The van der Waals surface area contributed by atoms with Gasteiger partial charge in [-0.2, -0.15) is 0 Å². The Kier molecular flexibility index (Phi) is 5.05. The SMILES string of the molecule is C=CCN(CC)C(=O)c1cc(OC)ccc1[N+](=O)[O-]. The van der Waals surface area contributed by atoms with Crippen molar-refractivity contribution in [2.75, 3.05) is 20.2 Å². The van der Waals surface area contributed by atoms with Crippen LogP contribution in [0.15, 0.2) is 30.9 Å². The monoisotopic (exact) mass is 264 g/mol. The molecule has 0 atom stereocenters. The van der Waals surface area contributed by atoms with Gasteiger partial charge >= 0.3 is 0 Å². The number of hydrogen-bond acceptors (Lipinski definition) is 4. The molecule has 0 spiro atoms. The van der Waals surface area contributed by atoms with Gasteiger partial charge < -0.3 is 9.64 Å². The molecule has 102 valence electrons. The molecule has 19 heavy (non-hydrogen) atoms. The van der Waals surface area contributed by atoms with Gasteiger partial charge in [-0.25, -0.2) is 0 Å². The maximum absolute atomic E-state index is 12.3. The lowest BCUT2D eigenvalue weighted by Crippen LogP contribution is -2.31. The Morgan fingerprint density at radius 3 is 2.74 bits per heavy atom. The molecule has 0 aliphatic carbocycles. The quantitative estimate of drug-likeness (QED) is 0.449. The maximum atomic E-state index is 12.3. The second-order valence-electron chi connectivity index (χ2n) is 3.77. The summed E-state index contributed by atoms with van der Waals surface area (Å²) in [5, 5.41) is 11.0. The molecule has 0 fully saturated rings. The zero-order chi connectivity index (χ0) is 14.4. The van der Waals surface area contributed by atoms with Gasteiger partial charge in [-0.15, -0.1) is 6.58 Å². The van der Waals surface area contributed by atoms with Crippen LogP contribution >= 0.6 is 0 Å². The van der Waals surface area contributed by atoms with Crippen LogP contribution in [0.5, 0.6) is 5.75 Å². The first-order valence-corrected chi connectivity index (χ1v) is 5.77. The van der Waals surface area contributed by atoms with E-state index in [2.05, 4.69) is 6.58 Å². The Labute approximate surface area is 111 Å². The summed E-state index contributed by atoms with van der Waals surface area (Å²) in [4.78, 5) is 24.1. The summed E-state index contributed by atoms with van der Waals surface area (Å²) in [6.45, 7) is 6.14. The molecule has 0 aliphatic heterocycles. The topological polar surface area (TPSA) is 72.7 Å². The van der Waals surface area contributed by atoms with Crippen molar-refractivity contribution in [1.29, 1.82) is 0 Å². The predicted octanol–water partition coefficient (Wildman–Crippen LogP) is 2.25. The summed E-state index contributed by atoms with van der Waals surface area (Å²) in [6, 6.07) is 4.11. The molecule has 1 aromatic carbocycles. The van der Waals surface area contributed by atoms with Gasteiger partial charge in [-0.1, -0.05) is 6.08 Å². The molecular weight excluding hydrogens is 248 g/mol. The smallest absolute Gasteiger partial charge is 0.282 e. The first-order chi connectivity index (χ1) is 9.04. The molecule has 0 saturated carbocycles. The van der Waals surface area contributed by atoms with Crippen LogP contribution in [0.4, 0.5) is 5.69 Å². The lowest BCUT2D eigenvalue weighted by molar-refractivity contribution is -0.385. The molecule has 0 N–H and O–H groups in total. The Morgan fingerprint density at radius 2 is 2.26 bits per heavy atom. The minimum Gasteiger partial charge on any atom is -0.497 e.